The summed E-state index contributed by atoms with van der Waals surface area (Å²) in [5.74, 6) is -1.37. The predicted octanol–water partition coefficient (Wildman–Crippen LogP) is 5.23. The van der Waals surface area contributed by atoms with Crippen molar-refractivity contribution < 1.29 is 19.2 Å². The Hall–Kier alpha value is -3.36. The van der Waals surface area contributed by atoms with Crippen LogP contribution in [-0.4, -0.2) is 23.4 Å². The van der Waals surface area contributed by atoms with Gasteiger partial charge in [0.1, 0.15) is 0 Å². The van der Waals surface area contributed by atoms with Gasteiger partial charge in [-0.05, 0) is 30.3 Å². The number of nitro benzene ring substituents is 1. The number of rotatable bonds is 4. The summed E-state index contributed by atoms with van der Waals surface area (Å²) in [6.07, 6.45) is 0. The highest BCUT2D eigenvalue weighted by atomic mass is 35.5. The molecule has 0 N–H and O–H groups in total. The lowest BCUT2D eigenvalue weighted by molar-refractivity contribution is -0.384. The first kappa shape index (κ1) is 19.9. The zero-order valence-electron chi connectivity index (χ0n) is 15.3. The van der Waals surface area contributed by atoms with E-state index in [1.165, 1.54) is 17.0 Å². The van der Waals surface area contributed by atoms with Crippen LogP contribution in [0.1, 0.15) is 10.4 Å². The summed E-state index contributed by atoms with van der Waals surface area (Å²) in [5, 5.41) is 10.9. The van der Waals surface area contributed by atoms with Gasteiger partial charge in [-0.25, -0.2) is 4.79 Å². The van der Waals surface area contributed by atoms with Crippen LogP contribution in [0.15, 0.2) is 76.5 Å². The van der Waals surface area contributed by atoms with Crippen molar-refractivity contribution >= 4 is 52.3 Å². The number of non-ortho nitro benzene ring substituents is 1. The van der Waals surface area contributed by atoms with Gasteiger partial charge in [0.25, 0.3) is 11.6 Å². The molecule has 1 amide bonds. The number of halogens is 1. The van der Waals surface area contributed by atoms with Crippen LogP contribution in [-0.2, 0) is 9.53 Å². The summed E-state index contributed by atoms with van der Waals surface area (Å²) in [6.45, 7) is -0.550. The highest BCUT2D eigenvalue weighted by molar-refractivity contribution is 7.99. The van der Waals surface area contributed by atoms with Crippen LogP contribution in [0.2, 0.25) is 5.02 Å². The largest absolute Gasteiger partial charge is 0.452 e. The number of hydrogen-bond acceptors (Lipinski definition) is 6. The number of carbonyl (C=O) groups is 2. The van der Waals surface area contributed by atoms with Crippen molar-refractivity contribution in [1.29, 1.82) is 0 Å². The van der Waals surface area contributed by atoms with Gasteiger partial charge in [-0.2, -0.15) is 0 Å². The molecule has 0 aliphatic carbocycles. The van der Waals surface area contributed by atoms with Gasteiger partial charge in [0, 0.05) is 21.9 Å². The fourth-order valence-corrected chi connectivity index (χ4v) is 4.28. The number of carbonyl (C=O) groups excluding carboxylic acids is 2. The maximum atomic E-state index is 13.0. The molecule has 0 bridgehead atoms. The smallest absolute Gasteiger partial charge is 0.340 e. The minimum absolute atomic E-state index is 0.00288. The summed E-state index contributed by atoms with van der Waals surface area (Å²) >= 11 is 7.52. The number of nitro groups is 1. The second-order valence-corrected chi connectivity index (χ2v) is 7.76. The van der Waals surface area contributed by atoms with Gasteiger partial charge in [0.05, 0.1) is 26.9 Å². The number of benzene rings is 3. The Morgan fingerprint density at radius 2 is 1.60 bits per heavy atom. The van der Waals surface area contributed by atoms with Crippen LogP contribution in [0.4, 0.5) is 17.1 Å². The monoisotopic (exact) mass is 440 g/mol. The van der Waals surface area contributed by atoms with Crippen molar-refractivity contribution in [2.75, 3.05) is 11.5 Å². The number of anilines is 2. The van der Waals surface area contributed by atoms with E-state index in [0.717, 1.165) is 15.9 Å². The summed E-state index contributed by atoms with van der Waals surface area (Å²) in [4.78, 5) is 39.0. The molecule has 0 fully saturated rings. The topological polar surface area (TPSA) is 89.8 Å². The van der Waals surface area contributed by atoms with Crippen LogP contribution >= 0.6 is 23.4 Å². The first-order valence-electron chi connectivity index (χ1n) is 8.75. The average molecular weight is 441 g/mol. The summed E-state index contributed by atoms with van der Waals surface area (Å²) < 4.78 is 5.14. The summed E-state index contributed by atoms with van der Waals surface area (Å²) in [5.41, 5.74) is 0.911. The van der Waals surface area contributed by atoms with E-state index in [0.29, 0.717) is 11.4 Å². The zero-order valence-corrected chi connectivity index (χ0v) is 16.9. The number of para-hydroxylation sites is 2. The minimum atomic E-state index is -0.912. The standard InChI is InChI=1S/C21H13ClN2O5S/c22-15-10-9-13(24(27)28)11-14(15)21(26)29-12-20(25)23-16-5-1-3-7-18(16)30-19-8-4-2-6-17(19)23/h1-11H,12H2. The number of amides is 1. The first-order chi connectivity index (χ1) is 14.5. The molecule has 4 rings (SSSR count). The lowest BCUT2D eigenvalue weighted by Gasteiger charge is -2.30. The highest BCUT2D eigenvalue weighted by Crippen LogP contribution is 2.47. The van der Waals surface area contributed by atoms with E-state index in [2.05, 4.69) is 0 Å². The van der Waals surface area contributed by atoms with Gasteiger partial charge in [0.15, 0.2) is 6.61 Å². The molecule has 3 aromatic rings. The average Bonchev–Trinajstić information content (AvgIpc) is 2.75. The molecular weight excluding hydrogens is 428 g/mol. The lowest BCUT2D eigenvalue weighted by Crippen LogP contribution is -2.32. The van der Waals surface area contributed by atoms with Crippen LogP contribution in [0.3, 0.4) is 0 Å². The zero-order chi connectivity index (χ0) is 21.3. The molecule has 0 radical (unpaired) electrons. The molecule has 30 heavy (non-hydrogen) atoms. The molecule has 0 unspecified atom stereocenters. The van der Waals surface area contributed by atoms with Gasteiger partial charge in [-0.3, -0.25) is 19.8 Å². The van der Waals surface area contributed by atoms with Crippen molar-refractivity contribution in [2.24, 2.45) is 0 Å². The molecule has 150 valence electrons. The molecule has 1 aliphatic heterocycles. The number of hydrogen-bond donors (Lipinski definition) is 0. The highest BCUT2D eigenvalue weighted by Gasteiger charge is 2.29. The van der Waals surface area contributed by atoms with Crippen LogP contribution in [0.25, 0.3) is 0 Å². The molecule has 0 spiro atoms. The molecule has 3 aromatic carbocycles. The predicted molar refractivity (Wildman–Crippen MR) is 113 cm³/mol. The van der Waals surface area contributed by atoms with E-state index in [1.807, 2.05) is 48.5 Å². The van der Waals surface area contributed by atoms with Gasteiger partial charge in [-0.15, -0.1) is 0 Å². The Balaban J connectivity index is 1.58. The Morgan fingerprint density at radius 3 is 2.20 bits per heavy atom. The normalized spacial score (nSPS) is 12.0. The van der Waals surface area contributed by atoms with Gasteiger partial charge >= 0.3 is 5.97 Å². The van der Waals surface area contributed by atoms with Crippen LogP contribution < -0.4 is 4.90 Å². The molecule has 9 heteroatoms. The first-order valence-corrected chi connectivity index (χ1v) is 9.95. The maximum absolute atomic E-state index is 13.0. The number of ether oxygens (including phenoxy) is 1. The van der Waals surface area contributed by atoms with Crippen LogP contribution in [0.5, 0.6) is 0 Å². The van der Waals surface area contributed by atoms with Crippen molar-refractivity contribution in [2.45, 2.75) is 9.79 Å². The van der Waals surface area contributed by atoms with E-state index in [1.54, 1.807) is 11.8 Å². The van der Waals surface area contributed by atoms with E-state index >= 15 is 0 Å². The third-order valence-electron chi connectivity index (χ3n) is 4.39. The van der Waals surface area contributed by atoms with Crippen molar-refractivity contribution in [3.8, 4) is 0 Å². The van der Waals surface area contributed by atoms with Crippen molar-refractivity contribution in [3.63, 3.8) is 0 Å². The molecular formula is C21H13ClN2O5S. The maximum Gasteiger partial charge on any atom is 0.340 e. The third-order valence-corrected chi connectivity index (χ3v) is 5.85. The molecule has 7 nitrogen and oxygen atoms in total. The summed E-state index contributed by atoms with van der Waals surface area (Å²) in [7, 11) is 0. The van der Waals surface area contributed by atoms with Crippen molar-refractivity contribution in [3.05, 3.63) is 87.4 Å². The number of nitrogens with zero attached hydrogens (tertiary/aromatic N) is 2. The molecule has 0 aromatic heterocycles. The summed E-state index contributed by atoms with van der Waals surface area (Å²) in [6, 6.07) is 18.3. The lowest BCUT2D eigenvalue weighted by atomic mass is 10.2. The van der Waals surface area contributed by atoms with Crippen molar-refractivity contribution in [1.82, 2.24) is 0 Å². The van der Waals surface area contributed by atoms with Crippen LogP contribution in [0, 0.1) is 10.1 Å². The molecule has 1 heterocycles. The van der Waals surface area contributed by atoms with E-state index in [4.69, 9.17) is 16.3 Å². The Bertz CT molecular complexity index is 1140. The molecule has 1 aliphatic rings. The Kier molecular flexibility index (Phi) is 5.43. The van der Waals surface area contributed by atoms with Gasteiger partial charge in [-0.1, -0.05) is 47.6 Å². The second-order valence-electron chi connectivity index (χ2n) is 6.26. The Morgan fingerprint density at radius 1 is 1.00 bits per heavy atom. The van der Waals surface area contributed by atoms with Gasteiger partial charge in [0.2, 0.25) is 0 Å². The number of fused-ring (bicyclic) bond motifs is 2. The quantitative estimate of drug-likeness (QED) is 0.313. The minimum Gasteiger partial charge on any atom is -0.452 e. The number of esters is 1. The van der Waals surface area contributed by atoms with Gasteiger partial charge < -0.3 is 4.74 Å². The third kappa shape index (κ3) is 3.74. The second kappa shape index (κ2) is 8.17. The molecule has 0 saturated heterocycles. The van der Waals surface area contributed by atoms with E-state index < -0.39 is 23.4 Å². The SMILES string of the molecule is O=C(OCC(=O)N1c2ccccc2Sc2ccccc21)c1cc([N+](=O)[O-])ccc1Cl. The fourth-order valence-electron chi connectivity index (χ4n) is 3.03. The Labute approximate surface area is 180 Å². The fraction of sp³-hybridized carbons (Fsp3) is 0.0476. The van der Waals surface area contributed by atoms with E-state index in [9.17, 15) is 19.7 Å². The van der Waals surface area contributed by atoms with E-state index in [-0.39, 0.29) is 16.3 Å². The molecule has 0 atom stereocenters. The molecule has 0 saturated carbocycles.